The second kappa shape index (κ2) is 10.5. The zero-order chi connectivity index (χ0) is 19.5. The molecule has 0 saturated carbocycles. The Morgan fingerprint density at radius 1 is 1.23 bits per heavy atom. The first-order valence-electron chi connectivity index (χ1n) is 9.47. The molecule has 0 spiro atoms. The molecule has 2 aromatic carbocycles. The summed E-state index contributed by atoms with van der Waals surface area (Å²) < 4.78 is 19.5. The van der Waals surface area contributed by atoms with E-state index in [0.717, 1.165) is 30.5 Å². The monoisotopic (exact) mass is 451 g/mol. The number of carbonyl (C=O) groups is 1. The number of rotatable bonds is 5. The Bertz CT molecular complexity index is 1010. The number of nitrogen functional groups attached to an aromatic ring is 1. The molecule has 30 heavy (non-hydrogen) atoms. The van der Waals surface area contributed by atoms with Gasteiger partial charge in [-0.1, -0.05) is 18.2 Å². The molecule has 3 N–H and O–H groups in total. The Hall–Kier alpha value is -2.57. The van der Waals surface area contributed by atoms with Crippen LogP contribution >= 0.6 is 24.8 Å². The molecular weight excluding hydrogens is 428 g/mol. The second-order valence-corrected chi connectivity index (χ2v) is 7.07. The summed E-state index contributed by atoms with van der Waals surface area (Å²) in [7, 11) is 0. The van der Waals surface area contributed by atoms with Crippen molar-refractivity contribution in [1.29, 1.82) is 0 Å². The van der Waals surface area contributed by atoms with Gasteiger partial charge in [-0.05, 0) is 54.7 Å². The van der Waals surface area contributed by atoms with E-state index in [-0.39, 0.29) is 49.0 Å². The summed E-state index contributed by atoms with van der Waals surface area (Å²) in [5.41, 5.74) is 9.33. The molecule has 0 fully saturated rings. The predicted molar refractivity (Wildman–Crippen MR) is 119 cm³/mol. The van der Waals surface area contributed by atoms with Gasteiger partial charge < -0.3 is 15.5 Å². The molecule has 0 aliphatic heterocycles. The topological polar surface area (TPSA) is 81.1 Å². The fourth-order valence-electron chi connectivity index (χ4n) is 3.68. The Kier molecular flexibility index (Phi) is 8.26. The van der Waals surface area contributed by atoms with Crippen molar-refractivity contribution in [2.75, 3.05) is 5.73 Å². The van der Waals surface area contributed by atoms with Gasteiger partial charge in [0.25, 0.3) is 0 Å². The number of nitrogens with zero attached hydrogens (tertiary/aromatic N) is 1. The SMILES string of the molecule is Cl.Cl.Nc1ccc2c(c1)CCCC2NC(=O)CCc1ncc(-c2ccccc2F)o1. The maximum Gasteiger partial charge on any atom is 0.220 e. The first-order valence-corrected chi connectivity index (χ1v) is 9.47. The highest BCUT2D eigenvalue weighted by atomic mass is 35.5. The average Bonchev–Trinajstić information content (AvgIpc) is 3.15. The summed E-state index contributed by atoms with van der Waals surface area (Å²) >= 11 is 0. The molecule has 3 aromatic rings. The summed E-state index contributed by atoms with van der Waals surface area (Å²) in [6, 6.07) is 12.3. The molecule has 1 aliphatic carbocycles. The molecule has 5 nitrogen and oxygen atoms in total. The van der Waals surface area contributed by atoms with Crippen LogP contribution in [0.5, 0.6) is 0 Å². The molecule has 1 amide bonds. The fraction of sp³-hybridized carbons (Fsp3) is 0.273. The molecule has 0 bridgehead atoms. The maximum atomic E-state index is 13.8. The Morgan fingerprint density at radius 2 is 2.03 bits per heavy atom. The van der Waals surface area contributed by atoms with Gasteiger partial charge in [-0.25, -0.2) is 9.37 Å². The molecule has 1 unspecified atom stereocenters. The molecule has 1 aromatic heterocycles. The van der Waals surface area contributed by atoms with Crippen LogP contribution in [-0.4, -0.2) is 10.9 Å². The molecule has 0 radical (unpaired) electrons. The lowest BCUT2D eigenvalue weighted by atomic mass is 9.87. The number of benzene rings is 2. The minimum Gasteiger partial charge on any atom is -0.441 e. The highest BCUT2D eigenvalue weighted by Crippen LogP contribution is 2.31. The summed E-state index contributed by atoms with van der Waals surface area (Å²) in [6.07, 6.45) is 5.04. The minimum atomic E-state index is -0.362. The maximum absolute atomic E-state index is 13.8. The van der Waals surface area contributed by atoms with E-state index in [1.54, 1.807) is 18.2 Å². The van der Waals surface area contributed by atoms with Crippen molar-refractivity contribution in [3.8, 4) is 11.3 Å². The van der Waals surface area contributed by atoms with Crippen LogP contribution in [0.25, 0.3) is 11.3 Å². The van der Waals surface area contributed by atoms with Crippen LogP contribution in [0.15, 0.2) is 53.1 Å². The third-order valence-electron chi connectivity index (χ3n) is 5.08. The van der Waals surface area contributed by atoms with Crippen molar-refractivity contribution >= 4 is 36.4 Å². The molecule has 1 heterocycles. The number of nitrogens with one attached hydrogen (secondary N) is 1. The number of aryl methyl sites for hydroxylation is 2. The molecule has 1 aliphatic rings. The van der Waals surface area contributed by atoms with Gasteiger partial charge in [-0.15, -0.1) is 24.8 Å². The van der Waals surface area contributed by atoms with Gasteiger partial charge in [-0.3, -0.25) is 4.79 Å². The smallest absolute Gasteiger partial charge is 0.220 e. The van der Waals surface area contributed by atoms with Gasteiger partial charge >= 0.3 is 0 Å². The molecule has 4 rings (SSSR count). The highest BCUT2D eigenvalue weighted by molar-refractivity contribution is 5.85. The zero-order valence-corrected chi connectivity index (χ0v) is 17.9. The van der Waals surface area contributed by atoms with Gasteiger partial charge in [0.1, 0.15) is 5.82 Å². The van der Waals surface area contributed by atoms with E-state index < -0.39 is 0 Å². The number of hydrogen-bond acceptors (Lipinski definition) is 4. The van der Waals surface area contributed by atoms with Gasteiger partial charge in [0, 0.05) is 18.5 Å². The van der Waals surface area contributed by atoms with E-state index in [0.29, 0.717) is 23.6 Å². The van der Waals surface area contributed by atoms with Gasteiger partial charge in [-0.2, -0.15) is 0 Å². The van der Waals surface area contributed by atoms with Gasteiger partial charge in [0.05, 0.1) is 17.8 Å². The van der Waals surface area contributed by atoms with Crippen LogP contribution < -0.4 is 11.1 Å². The fourth-order valence-corrected chi connectivity index (χ4v) is 3.68. The number of hydrogen-bond donors (Lipinski definition) is 2. The Balaban J connectivity index is 0.00000160. The summed E-state index contributed by atoms with van der Waals surface area (Å²) in [6.45, 7) is 0. The lowest BCUT2D eigenvalue weighted by molar-refractivity contribution is -0.122. The number of carbonyl (C=O) groups excluding carboxylic acids is 1. The quantitative estimate of drug-likeness (QED) is 0.532. The molecule has 0 saturated heterocycles. The van der Waals surface area contributed by atoms with E-state index >= 15 is 0 Å². The first kappa shape index (κ1) is 23.7. The third kappa shape index (κ3) is 5.32. The van der Waals surface area contributed by atoms with Crippen LogP contribution in [0.1, 0.15) is 42.3 Å². The van der Waals surface area contributed by atoms with E-state index in [4.69, 9.17) is 10.2 Å². The van der Waals surface area contributed by atoms with Crippen LogP contribution in [-0.2, 0) is 17.6 Å². The van der Waals surface area contributed by atoms with E-state index in [9.17, 15) is 9.18 Å². The van der Waals surface area contributed by atoms with Crippen molar-refractivity contribution in [2.24, 2.45) is 0 Å². The summed E-state index contributed by atoms with van der Waals surface area (Å²) in [5, 5.41) is 3.10. The summed E-state index contributed by atoms with van der Waals surface area (Å²) in [5.74, 6) is 0.373. The van der Waals surface area contributed by atoms with E-state index in [1.165, 1.54) is 17.8 Å². The number of aromatic nitrogens is 1. The van der Waals surface area contributed by atoms with Crippen molar-refractivity contribution in [3.05, 3.63) is 71.5 Å². The summed E-state index contributed by atoms with van der Waals surface area (Å²) in [4.78, 5) is 16.6. The van der Waals surface area contributed by atoms with Crippen molar-refractivity contribution < 1.29 is 13.6 Å². The van der Waals surface area contributed by atoms with E-state index in [1.807, 2.05) is 18.2 Å². The normalized spacial score (nSPS) is 14.8. The lowest BCUT2D eigenvalue weighted by Gasteiger charge is -2.26. The largest absolute Gasteiger partial charge is 0.441 e. The number of anilines is 1. The third-order valence-corrected chi connectivity index (χ3v) is 5.08. The lowest BCUT2D eigenvalue weighted by Crippen LogP contribution is -2.31. The number of amides is 1. The molecule has 1 atom stereocenters. The standard InChI is InChI=1S/C22H22FN3O2.2ClH/c23-18-6-2-1-5-17(18)20-13-25-22(28-20)11-10-21(27)26-19-7-3-4-14-12-15(24)8-9-16(14)19;;/h1-2,5-6,8-9,12-13,19H,3-4,7,10-11,24H2,(H,26,27);2*1H. The molecule has 160 valence electrons. The van der Waals surface area contributed by atoms with Crippen LogP contribution in [0.2, 0.25) is 0 Å². The average molecular weight is 452 g/mol. The highest BCUT2D eigenvalue weighted by Gasteiger charge is 2.22. The van der Waals surface area contributed by atoms with Gasteiger partial charge in [0.2, 0.25) is 5.91 Å². The Morgan fingerprint density at radius 3 is 2.83 bits per heavy atom. The van der Waals surface area contributed by atoms with Gasteiger partial charge in [0.15, 0.2) is 11.7 Å². The predicted octanol–water partition coefficient (Wildman–Crippen LogP) is 5.03. The number of nitrogens with two attached hydrogens (primary N) is 1. The van der Waals surface area contributed by atoms with Crippen molar-refractivity contribution in [3.63, 3.8) is 0 Å². The van der Waals surface area contributed by atoms with Crippen LogP contribution in [0.3, 0.4) is 0 Å². The Labute approximate surface area is 187 Å². The minimum absolute atomic E-state index is 0. The zero-order valence-electron chi connectivity index (χ0n) is 16.3. The molecule has 8 heteroatoms. The number of fused-ring (bicyclic) bond motifs is 1. The van der Waals surface area contributed by atoms with Crippen LogP contribution in [0, 0.1) is 5.82 Å². The van der Waals surface area contributed by atoms with Crippen LogP contribution in [0.4, 0.5) is 10.1 Å². The molecular formula is C22H24Cl2FN3O2. The van der Waals surface area contributed by atoms with Crippen molar-refractivity contribution in [2.45, 2.75) is 38.1 Å². The number of oxazole rings is 1. The van der Waals surface area contributed by atoms with E-state index in [2.05, 4.69) is 10.3 Å². The first-order chi connectivity index (χ1) is 13.6. The number of halogens is 3. The second-order valence-electron chi connectivity index (χ2n) is 7.07. The van der Waals surface area contributed by atoms with Crippen molar-refractivity contribution in [1.82, 2.24) is 10.3 Å².